The maximum Gasteiger partial charge on any atom is 0.223 e. The van der Waals surface area contributed by atoms with Crippen LogP contribution < -0.4 is 5.32 Å². The lowest BCUT2D eigenvalue weighted by Gasteiger charge is -2.47. The fourth-order valence-electron chi connectivity index (χ4n) is 4.08. The van der Waals surface area contributed by atoms with E-state index in [9.17, 15) is 9.59 Å². The standard InChI is InChI=1S/C21H28N2O3/c24-19(22-12-17-6-7-17)10-18-11-21(26-13-18)14-23(15-21)20(25)9-8-16-4-2-1-3-5-16/h1-5,17-18H,6-15H2,(H,22,24). The smallest absolute Gasteiger partial charge is 0.223 e. The van der Waals surface area contributed by atoms with Gasteiger partial charge in [-0.05, 0) is 43.1 Å². The Morgan fingerprint density at radius 1 is 1.15 bits per heavy atom. The SMILES string of the molecule is O=C(CC1COC2(C1)CN(C(=O)CCc1ccccc1)C2)NCC1CC1. The van der Waals surface area contributed by atoms with E-state index in [0.717, 1.165) is 19.4 Å². The van der Waals surface area contributed by atoms with Gasteiger partial charge >= 0.3 is 0 Å². The Bertz CT molecular complexity index is 650. The van der Waals surface area contributed by atoms with E-state index in [1.807, 2.05) is 23.1 Å². The number of hydrogen-bond acceptors (Lipinski definition) is 3. The van der Waals surface area contributed by atoms with Crippen molar-refractivity contribution in [2.45, 2.75) is 44.1 Å². The lowest BCUT2D eigenvalue weighted by atomic mass is 9.85. The normalized spacial score (nSPS) is 23.7. The summed E-state index contributed by atoms with van der Waals surface area (Å²) in [6.45, 7) is 2.84. The van der Waals surface area contributed by atoms with Crippen LogP contribution in [0.1, 0.15) is 37.7 Å². The lowest BCUT2D eigenvalue weighted by Crippen LogP contribution is -2.63. The summed E-state index contributed by atoms with van der Waals surface area (Å²) < 4.78 is 6.00. The molecule has 1 aromatic carbocycles. The maximum absolute atomic E-state index is 12.4. The van der Waals surface area contributed by atoms with E-state index in [2.05, 4.69) is 17.4 Å². The van der Waals surface area contributed by atoms with Crippen LogP contribution in [0.5, 0.6) is 0 Å². The van der Waals surface area contributed by atoms with Gasteiger partial charge in [-0.25, -0.2) is 0 Å². The molecule has 1 saturated carbocycles. The van der Waals surface area contributed by atoms with E-state index in [1.54, 1.807) is 0 Å². The van der Waals surface area contributed by atoms with Crippen molar-refractivity contribution in [3.8, 4) is 0 Å². The summed E-state index contributed by atoms with van der Waals surface area (Å²) in [5.41, 5.74) is 1.01. The second kappa shape index (κ2) is 7.39. The van der Waals surface area contributed by atoms with Gasteiger partial charge in [0.05, 0.1) is 19.7 Å². The van der Waals surface area contributed by atoms with E-state index in [-0.39, 0.29) is 23.3 Å². The molecule has 2 heterocycles. The Morgan fingerprint density at radius 2 is 1.92 bits per heavy atom. The summed E-state index contributed by atoms with van der Waals surface area (Å²) in [5.74, 6) is 1.36. The van der Waals surface area contributed by atoms with Gasteiger partial charge in [0.2, 0.25) is 11.8 Å². The van der Waals surface area contributed by atoms with E-state index >= 15 is 0 Å². The summed E-state index contributed by atoms with van der Waals surface area (Å²) in [6.07, 6.45) is 5.29. The molecule has 26 heavy (non-hydrogen) atoms. The lowest BCUT2D eigenvalue weighted by molar-refractivity contribution is -0.157. The van der Waals surface area contributed by atoms with Gasteiger partial charge in [-0.2, -0.15) is 0 Å². The van der Waals surface area contributed by atoms with E-state index < -0.39 is 0 Å². The fraction of sp³-hybridized carbons (Fsp3) is 0.619. The topological polar surface area (TPSA) is 58.6 Å². The molecule has 2 saturated heterocycles. The summed E-state index contributed by atoms with van der Waals surface area (Å²) in [6, 6.07) is 10.1. The number of likely N-dealkylation sites (tertiary alicyclic amines) is 1. The molecule has 5 nitrogen and oxygen atoms in total. The highest BCUT2D eigenvalue weighted by molar-refractivity contribution is 5.78. The van der Waals surface area contributed by atoms with E-state index in [4.69, 9.17) is 4.74 Å². The maximum atomic E-state index is 12.4. The first-order valence-corrected chi connectivity index (χ1v) is 9.84. The van der Waals surface area contributed by atoms with Gasteiger partial charge in [-0.15, -0.1) is 0 Å². The Labute approximate surface area is 155 Å². The number of hydrogen-bond donors (Lipinski definition) is 1. The van der Waals surface area contributed by atoms with Crippen LogP contribution in [-0.4, -0.2) is 48.6 Å². The van der Waals surface area contributed by atoms with Crippen molar-refractivity contribution in [3.05, 3.63) is 35.9 Å². The van der Waals surface area contributed by atoms with Crippen molar-refractivity contribution in [1.82, 2.24) is 10.2 Å². The molecule has 1 aliphatic carbocycles. The molecule has 4 rings (SSSR count). The molecule has 1 unspecified atom stereocenters. The zero-order chi connectivity index (χ0) is 18.0. The molecule has 1 spiro atoms. The minimum absolute atomic E-state index is 0.151. The van der Waals surface area contributed by atoms with Gasteiger partial charge in [0.1, 0.15) is 5.60 Å². The van der Waals surface area contributed by atoms with Crippen LogP contribution in [0.3, 0.4) is 0 Å². The van der Waals surface area contributed by atoms with Crippen LogP contribution in [0.15, 0.2) is 30.3 Å². The van der Waals surface area contributed by atoms with E-state index in [0.29, 0.717) is 38.5 Å². The van der Waals surface area contributed by atoms with E-state index in [1.165, 1.54) is 18.4 Å². The number of benzene rings is 1. The second-order valence-corrected chi connectivity index (χ2v) is 8.25. The minimum Gasteiger partial charge on any atom is -0.371 e. The average molecular weight is 356 g/mol. The molecule has 3 fully saturated rings. The minimum atomic E-state index is -0.191. The molecule has 5 heteroatoms. The van der Waals surface area contributed by atoms with Crippen LogP contribution in [-0.2, 0) is 20.7 Å². The predicted octanol–water partition coefficient (Wildman–Crippen LogP) is 2.15. The number of nitrogens with zero attached hydrogens (tertiary/aromatic N) is 1. The Kier molecular flexibility index (Phi) is 4.98. The van der Waals surface area contributed by atoms with Gasteiger partial charge in [-0.3, -0.25) is 9.59 Å². The largest absolute Gasteiger partial charge is 0.371 e. The number of ether oxygens (including phenoxy) is 1. The Balaban J connectivity index is 1.16. The van der Waals surface area contributed by atoms with Gasteiger partial charge in [0, 0.05) is 19.4 Å². The first-order chi connectivity index (χ1) is 12.6. The Morgan fingerprint density at radius 3 is 2.65 bits per heavy atom. The number of aryl methyl sites for hydroxylation is 1. The van der Waals surface area contributed by atoms with Crippen LogP contribution in [0, 0.1) is 11.8 Å². The van der Waals surface area contributed by atoms with Crippen LogP contribution in [0.25, 0.3) is 0 Å². The predicted molar refractivity (Wildman–Crippen MR) is 98.5 cm³/mol. The fourth-order valence-corrected chi connectivity index (χ4v) is 4.08. The molecule has 2 amide bonds. The third-order valence-corrected chi connectivity index (χ3v) is 5.83. The van der Waals surface area contributed by atoms with Gasteiger partial charge in [0.15, 0.2) is 0 Å². The van der Waals surface area contributed by atoms with Crippen molar-refractivity contribution in [2.24, 2.45) is 11.8 Å². The molecule has 140 valence electrons. The van der Waals surface area contributed by atoms with Crippen LogP contribution in [0.2, 0.25) is 0 Å². The summed E-state index contributed by atoms with van der Waals surface area (Å²) in [5, 5.41) is 3.04. The van der Waals surface area contributed by atoms with Crippen molar-refractivity contribution >= 4 is 11.8 Å². The summed E-state index contributed by atoms with van der Waals surface area (Å²) >= 11 is 0. The van der Waals surface area contributed by atoms with Gasteiger partial charge < -0.3 is 15.0 Å². The number of rotatable bonds is 7. The van der Waals surface area contributed by atoms with Gasteiger partial charge in [0.25, 0.3) is 0 Å². The zero-order valence-electron chi connectivity index (χ0n) is 15.3. The second-order valence-electron chi connectivity index (χ2n) is 8.25. The van der Waals surface area contributed by atoms with Crippen LogP contribution >= 0.6 is 0 Å². The summed E-state index contributed by atoms with van der Waals surface area (Å²) in [7, 11) is 0. The molecule has 0 radical (unpaired) electrons. The number of carbonyl (C=O) groups excluding carboxylic acids is 2. The molecule has 0 aromatic heterocycles. The van der Waals surface area contributed by atoms with Crippen molar-refractivity contribution < 1.29 is 14.3 Å². The molecule has 1 N–H and O–H groups in total. The highest BCUT2D eigenvalue weighted by atomic mass is 16.5. The van der Waals surface area contributed by atoms with Crippen LogP contribution in [0.4, 0.5) is 0 Å². The number of nitrogens with one attached hydrogen (secondary N) is 1. The highest BCUT2D eigenvalue weighted by Gasteiger charge is 2.51. The zero-order valence-corrected chi connectivity index (χ0v) is 15.3. The monoisotopic (exact) mass is 356 g/mol. The number of amides is 2. The molecule has 2 aliphatic heterocycles. The number of carbonyl (C=O) groups is 2. The van der Waals surface area contributed by atoms with Crippen molar-refractivity contribution in [1.29, 1.82) is 0 Å². The molecule has 1 atom stereocenters. The third kappa shape index (κ3) is 4.26. The average Bonchev–Trinajstić information content (AvgIpc) is 3.36. The molecule has 1 aromatic rings. The molecule has 3 aliphatic rings. The van der Waals surface area contributed by atoms with Gasteiger partial charge in [-0.1, -0.05) is 30.3 Å². The Hall–Kier alpha value is -1.88. The first kappa shape index (κ1) is 17.5. The molecular weight excluding hydrogens is 328 g/mol. The quantitative estimate of drug-likeness (QED) is 0.814. The molecule has 0 bridgehead atoms. The van der Waals surface area contributed by atoms with Crippen molar-refractivity contribution in [3.63, 3.8) is 0 Å². The van der Waals surface area contributed by atoms with Crippen molar-refractivity contribution in [2.75, 3.05) is 26.2 Å². The third-order valence-electron chi connectivity index (χ3n) is 5.83. The summed E-state index contributed by atoms with van der Waals surface area (Å²) in [4.78, 5) is 26.3. The molecular formula is C21H28N2O3. The first-order valence-electron chi connectivity index (χ1n) is 9.84. The highest BCUT2D eigenvalue weighted by Crippen LogP contribution is 2.39.